The van der Waals surface area contributed by atoms with Crippen molar-refractivity contribution >= 4 is 17.3 Å². The molecule has 0 aromatic heterocycles. The van der Waals surface area contributed by atoms with E-state index in [2.05, 4.69) is 10.6 Å². The number of carbonyl (C=O) groups excluding carboxylic acids is 1. The van der Waals surface area contributed by atoms with Gasteiger partial charge < -0.3 is 10.6 Å². The Morgan fingerprint density at radius 2 is 1.83 bits per heavy atom. The SMILES string of the molecule is Cc1ccc(NC(=O)c2cccc(C(F)F)c2)cc1NC(C)C. The minimum atomic E-state index is -2.59. The van der Waals surface area contributed by atoms with E-state index in [1.165, 1.54) is 24.3 Å². The molecule has 2 aromatic rings. The van der Waals surface area contributed by atoms with E-state index in [4.69, 9.17) is 0 Å². The lowest BCUT2D eigenvalue weighted by Crippen LogP contribution is -2.14. The minimum absolute atomic E-state index is 0.163. The zero-order valence-electron chi connectivity index (χ0n) is 13.4. The molecular formula is C18H20F2N2O. The first kappa shape index (κ1) is 16.9. The van der Waals surface area contributed by atoms with Gasteiger partial charge in [0.2, 0.25) is 0 Å². The third-order valence-electron chi connectivity index (χ3n) is 3.34. The number of hydrogen-bond acceptors (Lipinski definition) is 2. The van der Waals surface area contributed by atoms with Crippen molar-refractivity contribution in [3.63, 3.8) is 0 Å². The van der Waals surface area contributed by atoms with Gasteiger partial charge in [0.05, 0.1) is 0 Å². The maximum atomic E-state index is 12.7. The minimum Gasteiger partial charge on any atom is -0.383 e. The van der Waals surface area contributed by atoms with Crippen LogP contribution in [0.4, 0.5) is 20.2 Å². The highest BCUT2D eigenvalue weighted by Crippen LogP contribution is 2.23. The van der Waals surface area contributed by atoms with Crippen molar-refractivity contribution in [3.05, 3.63) is 59.2 Å². The summed E-state index contributed by atoms with van der Waals surface area (Å²) in [6.45, 7) is 6.03. The van der Waals surface area contributed by atoms with Crippen LogP contribution in [0.3, 0.4) is 0 Å². The first-order valence-electron chi connectivity index (χ1n) is 7.43. The number of halogens is 2. The van der Waals surface area contributed by atoms with Gasteiger partial charge in [-0.1, -0.05) is 18.2 Å². The number of amides is 1. The Hall–Kier alpha value is -2.43. The van der Waals surface area contributed by atoms with Gasteiger partial charge in [-0.3, -0.25) is 4.79 Å². The molecule has 122 valence electrons. The van der Waals surface area contributed by atoms with Gasteiger partial charge in [0.1, 0.15) is 0 Å². The number of carbonyl (C=O) groups is 1. The number of aryl methyl sites for hydroxylation is 1. The molecule has 0 fully saturated rings. The lowest BCUT2D eigenvalue weighted by Gasteiger charge is -2.15. The maximum Gasteiger partial charge on any atom is 0.263 e. The molecule has 0 aliphatic rings. The van der Waals surface area contributed by atoms with Gasteiger partial charge in [0, 0.05) is 28.5 Å². The quantitative estimate of drug-likeness (QED) is 0.814. The van der Waals surface area contributed by atoms with Crippen LogP contribution in [0, 0.1) is 6.92 Å². The fraction of sp³-hybridized carbons (Fsp3) is 0.278. The first-order valence-corrected chi connectivity index (χ1v) is 7.43. The van der Waals surface area contributed by atoms with Crippen molar-refractivity contribution in [1.82, 2.24) is 0 Å². The molecule has 2 rings (SSSR count). The monoisotopic (exact) mass is 318 g/mol. The molecule has 5 heteroatoms. The lowest BCUT2D eigenvalue weighted by atomic mass is 10.1. The normalized spacial score (nSPS) is 10.9. The van der Waals surface area contributed by atoms with Gasteiger partial charge in [-0.2, -0.15) is 0 Å². The summed E-state index contributed by atoms with van der Waals surface area (Å²) in [6, 6.07) is 11.3. The summed E-state index contributed by atoms with van der Waals surface area (Å²) in [5.74, 6) is -0.410. The van der Waals surface area contributed by atoms with Gasteiger partial charge in [0.25, 0.3) is 12.3 Å². The van der Waals surface area contributed by atoms with Crippen LogP contribution in [0.15, 0.2) is 42.5 Å². The average molecular weight is 318 g/mol. The van der Waals surface area contributed by atoms with Crippen molar-refractivity contribution in [3.8, 4) is 0 Å². The highest BCUT2D eigenvalue weighted by atomic mass is 19.3. The van der Waals surface area contributed by atoms with Gasteiger partial charge in [-0.05, 0) is 50.6 Å². The van der Waals surface area contributed by atoms with Crippen LogP contribution in [-0.2, 0) is 0 Å². The van der Waals surface area contributed by atoms with Gasteiger partial charge in [0.15, 0.2) is 0 Å². The zero-order chi connectivity index (χ0) is 17.0. The summed E-state index contributed by atoms with van der Waals surface area (Å²) < 4.78 is 25.4. The molecule has 2 N–H and O–H groups in total. The molecular weight excluding hydrogens is 298 g/mol. The molecule has 0 spiro atoms. The van der Waals surface area contributed by atoms with Gasteiger partial charge >= 0.3 is 0 Å². The van der Waals surface area contributed by atoms with Crippen LogP contribution in [0.25, 0.3) is 0 Å². The fourth-order valence-corrected chi connectivity index (χ4v) is 2.19. The number of hydrogen-bond donors (Lipinski definition) is 2. The summed E-state index contributed by atoms with van der Waals surface area (Å²) in [6.07, 6.45) is -2.59. The van der Waals surface area contributed by atoms with Crippen LogP contribution < -0.4 is 10.6 Å². The third kappa shape index (κ3) is 4.52. The topological polar surface area (TPSA) is 41.1 Å². The van der Waals surface area contributed by atoms with Gasteiger partial charge in [-0.25, -0.2) is 8.78 Å². The molecule has 0 saturated carbocycles. The summed E-state index contributed by atoms with van der Waals surface area (Å²) in [4.78, 5) is 12.2. The molecule has 0 unspecified atom stereocenters. The van der Waals surface area contributed by atoms with E-state index in [0.29, 0.717) is 5.69 Å². The van der Waals surface area contributed by atoms with Crippen molar-refractivity contribution in [2.75, 3.05) is 10.6 Å². The van der Waals surface area contributed by atoms with Crippen molar-refractivity contribution in [1.29, 1.82) is 0 Å². The number of benzene rings is 2. The maximum absolute atomic E-state index is 12.7. The predicted octanol–water partition coefficient (Wildman–Crippen LogP) is 5.01. The largest absolute Gasteiger partial charge is 0.383 e. The second-order valence-corrected chi connectivity index (χ2v) is 5.71. The van der Waals surface area contributed by atoms with Crippen molar-refractivity contribution in [2.24, 2.45) is 0 Å². The van der Waals surface area contributed by atoms with Crippen LogP contribution in [-0.4, -0.2) is 11.9 Å². The summed E-state index contributed by atoms with van der Waals surface area (Å²) >= 11 is 0. The second kappa shape index (κ2) is 7.22. The van der Waals surface area contributed by atoms with E-state index in [1.54, 1.807) is 6.07 Å². The van der Waals surface area contributed by atoms with Crippen LogP contribution in [0.5, 0.6) is 0 Å². The predicted molar refractivity (Wildman–Crippen MR) is 89.3 cm³/mol. The van der Waals surface area contributed by atoms with Crippen LogP contribution >= 0.6 is 0 Å². The van der Waals surface area contributed by atoms with Crippen molar-refractivity contribution < 1.29 is 13.6 Å². The molecule has 0 bridgehead atoms. The van der Waals surface area contributed by atoms with E-state index in [9.17, 15) is 13.6 Å². The number of anilines is 2. The molecule has 3 nitrogen and oxygen atoms in total. The summed E-state index contributed by atoms with van der Waals surface area (Å²) in [7, 11) is 0. The molecule has 0 aliphatic carbocycles. The second-order valence-electron chi connectivity index (χ2n) is 5.71. The van der Waals surface area contributed by atoms with Crippen LogP contribution in [0.1, 0.15) is 41.8 Å². The Morgan fingerprint density at radius 3 is 2.48 bits per heavy atom. The molecule has 0 aliphatic heterocycles. The zero-order valence-corrected chi connectivity index (χ0v) is 13.4. The molecule has 23 heavy (non-hydrogen) atoms. The highest BCUT2D eigenvalue weighted by Gasteiger charge is 2.12. The standard InChI is InChI=1S/C18H20F2N2O/c1-11(2)21-16-10-15(8-7-12(16)3)22-18(23)14-6-4-5-13(9-14)17(19)20/h4-11,17,21H,1-3H3,(H,22,23). The smallest absolute Gasteiger partial charge is 0.263 e. The first-order chi connectivity index (χ1) is 10.9. The van der Waals surface area contributed by atoms with E-state index >= 15 is 0 Å². The molecule has 0 radical (unpaired) electrons. The average Bonchev–Trinajstić information content (AvgIpc) is 2.50. The Morgan fingerprint density at radius 1 is 1.09 bits per heavy atom. The fourth-order valence-electron chi connectivity index (χ4n) is 2.19. The lowest BCUT2D eigenvalue weighted by molar-refractivity contribution is 0.102. The number of nitrogens with one attached hydrogen (secondary N) is 2. The van der Waals surface area contributed by atoms with E-state index in [1.807, 2.05) is 32.9 Å². The molecule has 0 heterocycles. The summed E-state index contributed by atoms with van der Waals surface area (Å²) in [5, 5.41) is 6.04. The Bertz CT molecular complexity index is 699. The molecule has 2 aromatic carbocycles. The Labute approximate surface area is 134 Å². The molecule has 0 atom stereocenters. The van der Waals surface area contributed by atoms with Crippen LogP contribution in [0.2, 0.25) is 0 Å². The Kier molecular flexibility index (Phi) is 5.32. The number of rotatable bonds is 5. The van der Waals surface area contributed by atoms with Gasteiger partial charge in [-0.15, -0.1) is 0 Å². The molecule has 1 amide bonds. The van der Waals surface area contributed by atoms with Crippen molar-refractivity contribution in [2.45, 2.75) is 33.2 Å². The van der Waals surface area contributed by atoms with E-state index < -0.39 is 12.3 Å². The molecule has 0 saturated heterocycles. The highest BCUT2D eigenvalue weighted by molar-refractivity contribution is 6.04. The number of alkyl halides is 2. The Balaban J connectivity index is 2.18. The summed E-state index contributed by atoms with van der Waals surface area (Å²) in [5.41, 5.74) is 2.66. The van der Waals surface area contributed by atoms with E-state index in [0.717, 1.165) is 11.3 Å². The van der Waals surface area contributed by atoms with E-state index in [-0.39, 0.29) is 17.2 Å². The third-order valence-corrected chi connectivity index (χ3v) is 3.34.